The molecule has 1 atom stereocenters. The summed E-state index contributed by atoms with van der Waals surface area (Å²) in [5, 5.41) is 9.76. The van der Waals surface area contributed by atoms with Crippen LogP contribution in [-0.2, 0) is 4.74 Å². The fourth-order valence-electron chi connectivity index (χ4n) is 2.15. The molecule has 1 aliphatic heterocycles. The normalized spacial score (nSPS) is 18.2. The van der Waals surface area contributed by atoms with Crippen LogP contribution in [0.25, 0.3) is 0 Å². The van der Waals surface area contributed by atoms with Gasteiger partial charge in [0.2, 0.25) is 0 Å². The van der Waals surface area contributed by atoms with Crippen LogP contribution in [0.3, 0.4) is 0 Å². The molecule has 0 unspecified atom stereocenters. The third kappa shape index (κ3) is 3.15. The fraction of sp³-hybridized carbons (Fsp3) is 0.500. The molecule has 1 heterocycles. The lowest BCUT2D eigenvalue weighted by Crippen LogP contribution is -2.27. The van der Waals surface area contributed by atoms with Crippen molar-refractivity contribution in [3.8, 4) is 5.75 Å². The number of nitrogens with two attached hydrogens (primary N) is 1. The summed E-state index contributed by atoms with van der Waals surface area (Å²) in [6.45, 7) is 1.36. The predicted octanol–water partition coefficient (Wildman–Crippen LogP) is 3.14. The zero-order valence-corrected chi connectivity index (χ0v) is 12.1. The number of hydrogen-bond donors (Lipinski definition) is 2. The minimum atomic E-state index is -0.648. The third-order valence-corrected chi connectivity index (χ3v) is 3.85. The van der Waals surface area contributed by atoms with Crippen LogP contribution in [0.15, 0.2) is 16.6 Å². The second-order valence-corrected chi connectivity index (χ2v) is 5.13. The van der Waals surface area contributed by atoms with E-state index in [4.69, 9.17) is 10.5 Å². The van der Waals surface area contributed by atoms with Gasteiger partial charge in [-0.1, -0.05) is 6.07 Å². The Morgan fingerprint density at radius 2 is 2.00 bits per heavy atom. The Kier molecular flexibility index (Phi) is 5.85. The van der Waals surface area contributed by atoms with Gasteiger partial charge in [-0.2, -0.15) is 0 Å². The molecule has 0 aromatic heterocycles. The Bertz CT molecular complexity index is 413. The van der Waals surface area contributed by atoms with E-state index in [1.54, 1.807) is 12.1 Å². The van der Waals surface area contributed by atoms with E-state index in [0.29, 0.717) is 18.8 Å². The molecule has 0 saturated carbocycles. The van der Waals surface area contributed by atoms with Gasteiger partial charge in [0.05, 0.1) is 4.47 Å². The first-order valence-corrected chi connectivity index (χ1v) is 6.40. The van der Waals surface area contributed by atoms with Crippen LogP contribution in [0.5, 0.6) is 5.75 Å². The summed E-state index contributed by atoms with van der Waals surface area (Å²) < 4.78 is 19.0. The molecule has 1 aliphatic rings. The first-order chi connectivity index (χ1) is 8.11. The summed E-state index contributed by atoms with van der Waals surface area (Å²) in [5.74, 6) is -0.765. The van der Waals surface area contributed by atoms with E-state index in [9.17, 15) is 9.50 Å². The summed E-state index contributed by atoms with van der Waals surface area (Å²) in [4.78, 5) is 0. The third-order valence-electron chi connectivity index (χ3n) is 3.23. The highest BCUT2D eigenvalue weighted by Crippen LogP contribution is 2.36. The van der Waals surface area contributed by atoms with E-state index < -0.39 is 5.82 Å². The minimum absolute atomic E-state index is 0. The van der Waals surface area contributed by atoms with Crippen molar-refractivity contribution in [2.24, 2.45) is 11.7 Å². The number of benzene rings is 1. The van der Waals surface area contributed by atoms with E-state index in [1.165, 1.54) is 0 Å². The van der Waals surface area contributed by atoms with Crippen LogP contribution in [0, 0.1) is 11.7 Å². The van der Waals surface area contributed by atoms with Gasteiger partial charge in [0.25, 0.3) is 0 Å². The van der Waals surface area contributed by atoms with E-state index in [2.05, 4.69) is 15.9 Å². The molecule has 6 heteroatoms. The number of hydrogen-bond acceptors (Lipinski definition) is 3. The SMILES string of the molecule is Cl.N[C@@H](c1ccc(Br)c(F)c1O)C1CCOCC1. The number of aromatic hydroxyl groups is 1. The van der Waals surface area contributed by atoms with Crippen molar-refractivity contribution in [2.45, 2.75) is 18.9 Å². The highest BCUT2D eigenvalue weighted by atomic mass is 79.9. The van der Waals surface area contributed by atoms with Crippen molar-refractivity contribution < 1.29 is 14.2 Å². The molecule has 3 nitrogen and oxygen atoms in total. The molecule has 1 aromatic rings. The smallest absolute Gasteiger partial charge is 0.179 e. The van der Waals surface area contributed by atoms with Crippen molar-refractivity contribution >= 4 is 28.3 Å². The molecule has 1 saturated heterocycles. The largest absolute Gasteiger partial charge is 0.505 e. The Balaban J connectivity index is 0.00000162. The zero-order valence-electron chi connectivity index (χ0n) is 9.73. The molecule has 102 valence electrons. The van der Waals surface area contributed by atoms with Gasteiger partial charge in [-0.15, -0.1) is 12.4 Å². The zero-order chi connectivity index (χ0) is 12.4. The van der Waals surface area contributed by atoms with Gasteiger partial charge in [0.1, 0.15) is 0 Å². The van der Waals surface area contributed by atoms with E-state index >= 15 is 0 Å². The van der Waals surface area contributed by atoms with Gasteiger partial charge in [0.15, 0.2) is 11.6 Å². The van der Waals surface area contributed by atoms with Crippen molar-refractivity contribution in [3.05, 3.63) is 28.0 Å². The van der Waals surface area contributed by atoms with Crippen molar-refractivity contribution in [2.75, 3.05) is 13.2 Å². The summed E-state index contributed by atoms with van der Waals surface area (Å²) in [7, 11) is 0. The standard InChI is InChI=1S/C12H15BrFNO2.ClH/c13-9-2-1-8(12(16)10(9)14)11(15)7-3-5-17-6-4-7;/h1-2,7,11,16H,3-6,15H2;1H/t11-;/m1./s1. The number of phenols is 1. The molecular weight excluding hydrogens is 324 g/mol. The number of phenolic OH excluding ortho intramolecular Hbond substituents is 1. The summed E-state index contributed by atoms with van der Waals surface area (Å²) in [6.07, 6.45) is 1.69. The van der Waals surface area contributed by atoms with E-state index in [0.717, 1.165) is 12.8 Å². The Morgan fingerprint density at radius 3 is 2.61 bits per heavy atom. The monoisotopic (exact) mass is 339 g/mol. The highest BCUT2D eigenvalue weighted by molar-refractivity contribution is 9.10. The van der Waals surface area contributed by atoms with E-state index in [1.807, 2.05) is 0 Å². The first kappa shape index (κ1) is 15.7. The molecule has 1 aromatic carbocycles. The first-order valence-electron chi connectivity index (χ1n) is 5.61. The van der Waals surface area contributed by atoms with Crippen LogP contribution in [0.1, 0.15) is 24.4 Å². The second-order valence-electron chi connectivity index (χ2n) is 4.27. The number of halogens is 3. The number of ether oxygens (including phenoxy) is 1. The highest BCUT2D eigenvalue weighted by Gasteiger charge is 2.25. The average Bonchev–Trinajstić information content (AvgIpc) is 2.36. The van der Waals surface area contributed by atoms with Gasteiger partial charge >= 0.3 is 0 Å². The molecule has 0 spiro atoms. The van der Waals surface area contributed by atoms with Gasteiger partial charge in [-0.3, -0.25) is 0 Å². The Morgan fingerprint density at radius 1 is 1.39 bits per heavy atom. The Hall–Kier alpha value is -0.360. The molecule has 18 heavy (non-hydrogen) atoms. The van der Waals surface area contributed by atoms with Gasteiger partial charge in [0, 0.05) is 24.8 Å². The van der Waals surface area contributed by atoms with Crippen LogP contribution in [-0.4, -0.2) is 18.3 Å². The van der Waals surface area contributed by atoms with Crippen LogP contribution < -0.4 is 5.73 Å². The van der Waals surface area contributed by atoms with Crippen LogP contribution >= 0.6 is 28.3 Å². The lowest BCUT2D eigenvalue weighted by molar-refractivity contribution is 0.0580. The molecule has 1 fully saturated rings. The molecule has 0 aliphatic carbocycles. The summed E-state index contributed by atoms with van der Waals surface area (Å²) in [6, 6.07) is 2.90. The second kappa shape index (κ2) is 6.70. The van der Waals surface area contributed by atoms with Gasteiger partial charge < -0.3 is 15.6 Å². The van der Waals surface area contributed by atoms with Gasteiger partial charge in [-0.25, -0.2) is 4.39 Å². The minimum Gasteiger partial charge on any atom is -0.505 e. The van der Waals surface area contributed by atoms with Crippen LogP contribution in [0.2, 0.25) is 0 Å². The van der Waals surface area contributed by atoms with Crippen molar-refractivity contribution in [3.63, 3.8) is 0 Å². The number of rotatable bonds is 2. The Labute approximate surface area is 120 Å². The maximum Gasteiger partial charge on any atom is 0.179 e. The summed E-state index contributed by atoms with van der Waals surface area (Å²) in [5.41, 5.74) is 6.56. The molecule has 0 amide bonds. The maximum absolute atomic E-state index is 13.5. The van der Waals surface area contributed by atoms with Crippen molar-refractivity contribution in [1.82, 2.24) is 0 Å². The summed E-state index contributed by atoms with van der Waals surface area (Å²) >= 11 is 3.03. The maximum atomic E-state index is 13.5. The molecule has 3 N–H and O–H groups in total. The molecule has 0 bridgehead atoms. The fourth-order valence-corrected chi connectivity index (χ4v) is 2.47. The molecule has 0 radical (unpaired) electrons. The molecular formula is C12H16BrClFNO2. The van der Waals surface area contributed by atoms with Crippen LogP contribution in [0.4, 0.5) is 4.39 Å². The molecule has 2 rings (SSSR count). The predicted molar refractivity (Wildman–Crippen MR) is 73.5 cm³/mol. The lowest BCUT2D eigenvalue weighted by atomic mass is 9.87. The lowest BCUT2D eigenvalue weighted by Gasteiger charge is -2.28. The van der Waals surface area contributed by atoms with Crippen molar-refractivity contribution in [1.29, 1.82) is 0 Å². The van der Waals surface area contributed by atoms with E-state index in [-0.39, 0.29) is 34.6 Å². The van der Waals surface area contributed by atoms with Gasteiger partial charge in [-0.05, 0) is 40.8 Å². The average molecular weight is 341 g/mol. The topological polar surface area (TPSA) is 55.5 Å². The quantitative estimate of drug-likeness (QED) is 0.869.